The quantitative estimate of drug-likeness (QED) is 0.504. The molecule has 3 aromatic rings. The number of benzene rings is 2. The number of carbonyl (C=O) groups is 2. The number of nitrogens with zero attached hydrogens (tertiary/aromatic N) is 1. The average molecular weight is 453 g/mol. The Bertz CT molecular complexity index is 1170. The minimum Gasteiger partial charge on any atom is -0.373 e. The molecule has 0 radical (unpaired) electrons. The van der Waals surface area contributed by atoms with Gasteiger partial charge in [-0.2, -0.15) is 0 Å². The first-order valence-corrected chi connectivity index (χ1v) is 11.0. The predicted molar refractivity (Wildman–Crippen MR) is 120 cm³/mol. The van der Waals surface area contributed by atoms with Gasteiger partial charge in [-0.3, -0.25) is 9.59 Å². The van der Waals surface area contributed by atoms with Crippen molar-refractivity contribution in [2.45, 2.75) is 45.4 Å². The van der Waals surface area contributed by atoms with E-state index < -0.39 is 6.04 Å². The topological polar surface area (TPSA) is 60.3 Å². The molecule has 5 nitrogen and oxygen atoms in total. The zero-order valence-electron chi connectivity index (χ0n) is 18.6. The molecule has 7 heteroatoms. The van der Waals surface area contributed by atoms with Crippen LogP contribution < -0.4 is 5.32 Å². The van der Waals surface area contributed by atoms with E-state index in [4.69, 9.17) is 4.74 Å². The van der Waals surface area contributed by atoms with Crippen molar-refractivity contribution in [1.82, 2.24) is 9.88 Å². The minimum atomic E-state index is -0.411. The van der Waals surface area contributed by atoms with E-state index in [0.717, 1.165) is 5.56 Å². The third-order valence-corrected chi connectivity index (χ3v) is 6.06. The Morgan fingerprint density at radius 3 is 2.52 bits per heavy atom. The fraction of sp³-hybridized carbons (Fsp3) is 0.308. The number of hydrogen-bond donors (Lipinski definition) is 1. The van der Waals surface area contributed by atoms with Crippen LogP contribution in [0.2, 0.25) is 0 Å². The molecule has 0 fully saturated rings. The molecule has 1 aliphatic heterocycles. The van der Waals surface area contributed by atoms with Crippen molar-refractivity contribution in [2.75, 3.05) is 6.61 Å². The third-order valence-electron chi connectivity index (χ3n) is 6.06. The Balaban J connectivity index is 1.55. The van der Waals surface area contributed by atoms with Gasteiger partial charge in [-0.25, -0.2) is 8.78 Å². The molecule has 1 aromatic heterocycles. The molecule has 4 rings (SSSR count). The first-order valence-electron chi connectivity index (χ1n) is 11.0. The van der Waals surface area contributed by atoms with E-state index >= 15 is 0 Å². The lowest BCUT2D eigenvalue weighted by molar-refractivity contribution is 0.0781. The largest absolute Gasteiger partial charge is 0.373 e. The van der Waals surface area contributed by atoms with Crippen molar-refractivity contribution in [3.8, 4) is 0 Å². The molecular formula is C26H26F2N2O3. The number of amides is 1. The molecule has 0 aliphatic carbocycles. The van der Waals surface area contributed by atoms with Crippen LogP contribution in [0.15, 0.2) is 54.6 Å². The van der Waals surface area contributed by atoms with E-state index in [1.807, 2.05) is 11.5 Å². The van der Waals surface area contributed by atoms with Crippen LogP contribution in [0.1, 0.15) is 69.9 Å². The summed E-state index contributed by atoms with van der Waals surface area (Å²) in [4.78, 5) is 26.3. The molecule has 0 saturated heterocycles. The fourth-order valence-electron chi connectivity index (χ4n) is 4.18. The maximum Gasteiger partial charge on any atom is 0.253 e. The van der Waals surface area contributed by atoms with E-state index in [9.17, 15) is 18.4 Å². The lowest BCUT2D eigenvalue weighted by Gasteiger charge is -2.20. The lowest BCUT2D eigenvalue weighted by atomic mass is 9.94. The molecule has 0 unspecified atom stereocenters. The number of hydrogen-bond acceptors (Lipinski definition) is 3. The molecule has 172 valence electrons. The van der Waals surface area contributed by atoms with Gasteiger partial charge in [0.25, 0.3) is 5.91 Å². The maximum absolute atomic E-state index is 13.6. The highest BCUT2D eigenvalue weighted by atomic mass is 19.1. The highest BCUT2D eigenvalue weighted by Crippen LogP contribution is 2.27. The van der Waals surface area contributed by atoms with Gasteiger partial charge in [-0.1, -0.05) is 31.2 Å². The van der Waals surface area contributed by atoms with Crippen molar-refractivity contribution < 1.29 is 23.1 Å². The lowest BCUT2D eigenvalue weighted by Crippen LogP contribution is -2.28. The van der Waals surface area contributed by atoms with Crippen molar-refractivity contribution in [1.29, 1.82) is 0 Å². The van der Waals surface area contributed by atoms with E-state index in [-0.39, 0.29) is 42.3 Å². The molecule has 1 aliphatic rings. The summed E-state index contributed by atoms with van der Waals surface area (Å²) < 4.78 is 34.2. The molecule has 33 heavy (non-hydrogen) atoms. The highest BCUT2D eigenvalue weighted by Gasteiger charge is 2.27. The van der Waals surface area contributed by atoms with E-state index in [0.29, 0.717) is 35.7 Å². The number of carbonyl (C=O) groups excluding carboxylic acids is 2. The van der Waals surface area contributed by atoms with Gasteiger partial charge in [-0.05, 0) is 54.3 Å². The summed E-state index contributed by atoms with van der Waals surface area (Å²) in [6, 6.07) is 13.4. The normalized spacial score (nSPS) is 14.9. The zero-order valence-corrected chi connectivity index (χ0v) is 18.6. The number of ketones is 1. The summed E-state index contributed by atoms with van der Waals surface area (Å²) >= 11 is 0. The number of ether oxygens (including phenoxy) is 1. The maximum atomic E-state index is 13.6. The van der Waals surface area contributed by atoms with E-state index in [1.165, 1.54) is 24.3 Å². The summed E-state index contributed by atoms with van der Waals surface area (Å²) in [5, 5.41) is 2.89. The number of Topliss-reactive ketones (excluding diaryl/α,β-unsaturated/α-hetero) is 1. The van der Waals surface area contributed by atoms with Gasteiger partial charge in [0.05, 0.1) is 36.2 Å². The van der Waals surface area contributed by atoms with Crippen molar-refractivity contribution in [3.63, 3.8) is 0 Å². The Morgan fingerprint density at radius 2 is 1.79 bits per heavy atom. The van der Waals surface area contributed by atoms with Crippen molar-refractivity contribution in [2.24, 2.45) is 0 Å². The average Bonchev–Trinajstić information content (AvgIpc) is 3.19. The van der Waals surface area contributed by atoms with Crippen molar-refractivity contribution >= 4 is 11.7 Å². The van der Waals surface area contributed by atoms with Crippen molar-refractivity contribution in [3.05, 3.63) is 94.3 Å². The number of rotatable bonds is 7. The third kappa shape index (κ3) is 5.03. The van der Waals surface area contributed by atoms with Crippen LogP contribution in [0, 0.1) is 11.6 Å². The van der Waals surface area contributed by atoms with Crippen LogP contribution in [0.4, 0.5) is 8.78 Å². The van der Waals surface area contributed by atoms with Gasteiger partial charge in [-0.15, -0.1) is 0 Å². The SMILES string of the molecule is C[C@@H](CC(=O)c1cc(C(=O)N[C@H](C)c2cccc(F)c2)c2n1CCOC2)c1ccc(F)cc1. The highest BCUT2D eigenvalue weighted by molar-refractivity contribution is 6.01. The Hall–Kier alpha value is -3.32. The summed E-state index contributed by atoms with van der Waals surface area (Å²) in [7, 11) is 0. The van der Waals surface area contributed by atoms with Gasteiger partial charge in [0, 0.05) is 13.0 Å². The van der Waals surface area contributed by atoms with Gasteiger partial charge >= 0.3 is 0 Å². The first-order chi connectivity index (χ1) is 15.8. The molecule has 0 saturated carbocycles. The zero-order chi connectivity index (χ0) is 23.5. The smallest absolute Gasteiger partial charge is 0.253 e. The number of nitrogens with one attached hydrogen (secondary N) is 1. The second-order valence-electron chi connectivity index (χ2n) is 8.42. The molecule has 1 amide bonds. The fourth-order valence-corrected chi connectivity index (χ4v) is 4.18. The van der Waals surface area contributed by atoms with Gasteiger partial charge < -0.3 is 14.6 Å². The Labute approximate surface area is 191 Å². The van der Waals surface area contributed by atoms with Gasteiger partial charge in [0.15, 0.2) is 5.78 Å². The first kappa shape index (κ1) is 22.9. The predicted octanol–water partition coefficient (Wildman–Crippen LogP) is 5.16. The van der Waals surface area contributed by atoms with Crippen LogP contribution in [0.25, 0.3) is 0 Å². The van der Waals surface area contributed by atoms with Crippen LogP contribution in [-0.2, 0) is 17.9 Å². The van der Waals surface area contributed by atoms with Crippen LogP contribution >= 0.6 is 0 Å². The molecule has 2 heterocycles. The number of aromatic nitrogens is 1. The van der Waals surface area contributed by atoms with E-state index in [1.54, 1.807) is 37.3 Å². The minimum absolute atomic E-state index is 0.0906. The Kier molecular flexibility index (Phi) is 6.70. The molecular weight excluding hydrogens is 426 g/mol. The molecule has 0 spiro atoms. The second-order valence-corrected chi connectivity index (χ2v) is 8.42. The molecule has 0 bridgehead atoms. The summed E-state index contributed by atoms with van der Waals surface area (Å²) in [5.41, 5.74) is 3.03. The number of fused-ring (bicyclic) bond motifs is 1. The molecule has 2 aromatic carbocycles. The van der Waals surface area contributed by atoms with Gasteiger partial charge in [0.2, 0.25) is 0 Å². The Morgan fingerprint density at radius 1 is 1.03 bits per heavy atom. The van der Waals surface area contributed by atoms with Crippen LogP contribution in [-0.4, -0.2) is 22.9 Å². The van der Waals surface area contributed by atoms with E-state index in [2.05, 4.69) is 5.32 Å². The van der Waals surface area contributed by atoms with Crippen LogP contribution in [0.5, 0.6) is 0 Å². The number of halogens is 2. The molecule has 1 N–H and O–H groups in total. The van der Waals surface area contributed by atoms with Gasteiger partial charge in [0.1, 0.15) is 11.6 Å². The second kappa shape index (κ2) is 9.67. The molecule has 2 atom stereocenters. The van der Waals surface area contributed by atoms with Crippen LogP contribution in [0.3, 0.4) is 0 Å². The summed E-state index contributed by atoms with van der Waals surface area (Å²) in [6.45, 7) is 4.87. The summed E-state index contributed by atoms with van der Waals surface area (Å²) in [6.07, 6.45) is 0.233. The monoisotopic (exact) mass is 452 g/mol. The summed E-state index contributed by atoms with van der Waals surface area (Å²) in [5.74, 6) is -1.22. The standard InChI is InChI=1S/C26H26F2N2O3/c1-16(18-6-8-20(27)9-7-18)12-25(31)23-14-22(24-15-33-11-10-30(23)24)26(32)29-17(2)19-4-3-5-21(28)13-19/h3-9,13-14,16-17H,10-12,15H2,1-2H3,(H,29,32)/t16-,17+/m0/s1.